The fourth-order valence-corrected chi connectivity index (χ4v) is 4.87. The second-order valence-electron chi connectivity index (χ2n) is 6.86. The Labute approximate surface area is 183 Å². The topological polar surface area (TPSA) is 47.5 Å². The molecule has 0 saturated carbocycles. The van der Waals surface area contributed by atoms with Gasteiger partial charge in [-0.05, 0) is 17.7 Å². The largest absolute Gasteiger partial charge is 0.462 e. The summed E-state index contributed by atoms with van der Waals surface area (Å²) >= 11 is 8.08. The molecule has 1 aliphatic heterocycles. The van der Waals surface area contributed by atoms with Gasteiger partial charge in [0, 0.05) is 22.0 Å². The lowest BCUT2D eigenvalue weighted by Gasteiger charge is -2.24. The normalized spacial score (nSPS) is 13.0. The molecule has 2 aromatic carbocycles. The first-order chi connectivity index (χ1) is 14.8. The summed E-state index contributed by atoms with van der Waals surface area (Å²) in [7, 11) is 0. The molecule has 4 aromatic rings. The maximum Gasteiger partial charge on any atom is 0.229 e. The van der Waals surface area contributed by atoms with Gasteiger partial charge >= 0.3 is 0 Å². The van der Waals surface area contributed by atoms with Crippen LogP contribution in [-0.2, 0) is 16.0 Å². The number of ether oxygens (including phenoxy) is 2. The van der Waals surface area contributed by atoms with Crippen LogP contribution in [0.5, 0.6) is 0 Å². The van der Waals surface area contributed by atoms with Gasteiger partial charge in [0.1, 0.15) is 12.6 Å². The van der Waals surface area contributed by atoms with Gasteiger partial charge in [-0.3, -0.25) is 0 Å². The van der Waals surface area contributed by atoms with E-state index >= 15 is 0 Å². The van der Waals surface area contributed by atoms with Gasteiger partial charge in [0.15, 0.2) is 11.6 Å². The van der Waals surface area contributed by atoms with Crippen molar-refractivity contribution in [2.24, 2.45) is 0 Å². The standard InChI is InChI=1S/C23H18ClN3O2S/c24-19-9-5-4-8-18(19)21-10-20-22(30-21)23(26-14-25-20)27(12-17-13-28-15-29-17)11-16-6-2-1-3-7-16/h1-10,13-14H,11-12,15H2. The van der Waals surface area contributed by atoms with E-state index in [1.54, 1.807) is 23.9 Å². The molecule has 5 rings (SSSR count). The number of rotatable bonds is 6. The Balaban J connectivity index is 1.57. The third-order valence-corrected chi connectivity index (χ3v) is 6.30. The van der Waals surface area contributed by atoms with Crippen LogP contribution in [0, 0.1) is 0 Å². The molecule has 0 unspecified atom stereocenters. The van der Waals surface area contributed by atoms with Gasteiger partial charge in [0.25, 0.3) is 0 Å². The highest BCUT2D eigenvalue weighted by molar-refractivity contribution is 7.22. The smallest absolute Gasteiger partial charge is 0.229 e. The molecule has 2 aromatic heterocycles. The van der Waals surface area contributed by atoms with Crippen molar-refractivity contribution in [3.8, 4) is 10.4 Å². The van der Waals surface area contributed by atoms with Crippen molar-refractivity contribution in [3.63, 3.8) is 0 Å². The van der Waals surface area contributed by atoms with Gasteiger partial charge in [-0.25, -0.2) is 9.97 Å². The van der Waals surface area contributed by atoms with E-state index in [9.17, 15) is 0 Å². The third-order valence-electron chi connectivity index (χ3n) is 4.82. The Bertz CT molecular complexity index is 1210. The molecular weight excluding hydrogens is 418 g/mol. The summed E-state index contributed by atoms with van der Waals surface area (Å²) in [5.74, 6) is 1.64. The fourth-order valence-electron chi connectivity index (χ4n) is 3.41. The van der Waals surface area contributed by atoms with Crippen molar-refractivity contribution in [2.45, 2.75) is 6.54 Å². The molecule has 30 heavy (non-hydrogen) atoms. The lowest BCUT2D eigenvalue weighted by atomic mass is 10.2. The van der Waals surface area contributed by atoms with Gasteiger partial charge in [0.2, 0.25) is 6.79 Å². The molecule has 0 spiro atoms. The maximum absolute atomic E-state index is 6.43. The average Bonchev–Trinajstić information content (AvgIpc) is 3.44. The van der Waals surface area contributed by atoms with Crippen LogP contribution in [0.1, 0.15) is 5.56 Å². The number of nitrogens with zero attached hydrogens (tertiary/aromatic N) is 3. The molecule has 0 fully saturated rings. The minimum absolute atomic E-state index is 0.253. The summed E-state index contributed by atoms with van der Waals surface area (Å²) < 4.78 is 11.9. The Hall–Kier alpha value is -3.09. The van der Waals surface area contributed by atoms with E-state index in [2.05, 4.69) is 33.1 Å². The summed E-state index contributed by atoms with van der Waals surface area (Å²) in [5.41, 5.74) is 3.08. The molecule has 0 aliphatic carbocycles. The van der Waals surface area contributed by atoms with Crippen molar-refractivity contribution in [1.29, 1.82) is 0 Å². The molecule has 7 heteroatoms. The predicted octanol–water partition coefficient (Wildman–Crippen LogP) is 5.86. The van der Waals surface area contributed by atoms with Gasteiger partial charge in [0.05, 0.1) is 16.8 Å². The van der Waals surface area contributed by atoms with Crippen LogP contribution >= 0.6 is 22.9 Å². The molecule has 0 amide bonds. The van der Waals surface area contributed by atoms with Crippen LogP contribution in [0.15, 0.2) is 79.0 Å². The molecule has 0 atom stereocenters. The SMILES string of the molecule is Clc1ccccc1-c1cc2ncnc(N(CC3=COCO3)Cc3ccccc3)c2s1. The number of aromatic nitrogens is 2. The molecular formula is C23H18ClN3O2S. The van der Waals surface area contributed by atoms with Crippen molar-refractivity contribution >= 4 is 39.0 Å². The van der Waals surface area contributed by atoms with E-state index in [4.69, 9.17) is 21.1 Å². The van der Waals surface area contributed by atoms with Crippen LogP contribution in [0.4, 0.5) is 5.82 Å². The number of thiophene rings is 1. The number of hydrogen-bond acceptors (Lipinski definition) is 6. The molecule has 0 saturated heterocycles. The van der Waals surface area contributed by atoms with Crippen molar-refractivity contribution < 1.29 is 9.47 Å². The Morgan fingerprint density at radius 3 is 2.63 bits per heavy atom. The summed E-state index contributed by atoms with van der Waals surface area (Å²) in [4.78, 5) is 12.4. The van der Waals surface area contributed by atoms with Crippen LogP contribution in [-0.4, -0.2) is 23.3 Å². The van der Waals surface area contributed by atoms with E-state index in [0.717, 1.165) is 37.3 Å². The summed E-state index contributed by atoms with van der Waals surface area (Å²) in [6.45, 7) is 1.50. The third kappa shape index (κ3) is 3.84. The Kier molecular flexibility index (Phi) is 5.26. The van der Waals surface area contributed by atoms with Crippen molar-refractivity contribution in [1.82, 2.24) is 9.97 Å². The van der Waals surface area contributed by atoms with Gasteiger partial charge in [-0.1, -0.05) is 60.1 Å². The molecule has 150 valence electrons. The first-order valence-corrected chi connectivity index (χ1v) is 10.7. The van der Waals surface area contributed by atoms with Gasteiger partial charge in [-0.2, -0.15) is 0 Å². The molecule has 5 nitrogen and oxygen atoms in total. The van der Waals surface area contributed by atoms with Crippen LogP contribution in [0.2, 0.25) is 5.02 Å². The molecule has 3 heterocycles. The van der Waals surface area contributed by atoms with Gasteiger partial charge in [-0.15, -0.1) is 11.3 Å². The predicted molar refractivity (Wildman–Crippen MR) is 120 cm³/mol. The minimum Gasteiger partial charge on any atom is -0.462 e. The zero-order valence-electron chi connectivity index (χ0n) is 16.0. The quantitative estimate of drug-likeness (QED) is 0.379. The Morgan fingerprint density at radius 1 is 1.00 bits per heavy atom. The van der Waals surface area contributed by atoms with E-state index in [1.165, 1.54) is 5.56 Å². The number of benzene rings is 2. The van der Waals surface area contributed by atoms with E-state index in [-0.39, 0.29) is 6.79 Å². The van der Waals surface area contributed by atoms with Crippen LogP contribution in [0.3, 0.4) is 0 Å². The fraction of sp³-hybridized carbons (Fsp3) is 0.130. The molecule has 0 radical (unpaired) electrons. The summed E-state index contributed by atoms with van der Waals surface area (Å²) in [5, 5.41) is 0.723. The zero-order chi connectivity index (χ0) is 20.3. The van der Waals surface area contributed by atoms with Crippen LogP contribution < -0.4 is 4.90 Å². The zero-order valence-corrected chi connectivity index (χ0v) is 17.6. The Morgan fingerprint density at radius 2 is 1.83 bits per heavy atom. The highest BCUT2D eigenvalue weighted by atomic mass is 35.5. The van der Waals surface area contributed by atoms with Crippen LogP contribution in [0.25, 0.3) is 20.7 Å². The number of hydrogen-bond donors (Lipinski definition) is 0. The second-order valence-corrected chi connectivity index (χ2v) is 8.32. The first kappa shape index (κ1) is 18.9. The van der Waals surface area contributed by atoms with Gasteiger partial charge < -0.3 is 14.4 Å². The molecule has 0 N–H and O–H groups in total. The lowest BCUT2D eigenvalue weighted by Crippen LogP contribution is -2.26. The highest BCUT2D eigenvalue weighted by Crippen LogP contribution is 2.39. The van der Waals surface area contributed by atoms with E-state index in [0.29, 0.717) is 13.1 Å². The number of fused-ring (bicyclic) bond motifs is 1. The summed E-state index contributed by atoms with van der Waals surface area (Å²) in [6, 6.07) is 20.2. The summed E-state index contributed by atoms with van der Waals surface area (Å²) in [6.07, 6.45) is 3.28. The number of anilines is 1. The monoisotopic (exact) mass is 435 g/mol. The maximum atomic E-state index is 6.43. The van der Waals surface area contributed by atoms with Crippen molar-refractivity contribution in [3.05, 3.63) is 89.6 Å². The highest BCUT2D eigenvalue weighted by Gasteiger charge is 2.20. The van der Waals surface area contributed by atoms with Crippen molar-refractivity contribution in [2.75, 3.05) is 18.2 Å². The first-order valence-electron chi connectivity index (χ1n) is 9.50. The lowest BCUT2D eigenvalue weighted by molar-refractivity contribution is 0.0797. The number of halogens is 1. The second kappa shape index (κ2) is 8.34. The molecule has 0 bridgehead atoms. The molecule has 1 aliphatic rings. The minimum atomic E-state index is 0.253. The van der Waals surface area contributed by atoms with E-state index < -0.39 is 0 Å². The van der Waals surface area contributed by atoms with E-state index in [1.807, 2.05) is 42.5 Å². The average molecular weight is 436 g/mol.